The molecule has 3 aromatic rings. The summed E-state index contributed by atoms with van der Waals surface area (Å²) in [4.78, 5) is 23.3. The number of hydrogen-bond donors (Lipinski definition) is 0. The molecule has 0 spiro atoms. The fourth-order valence-corrected chi connectivity index (χ4v) is 4.66. The Bertz CT molecular complexity index is 1050. The molecule has 166 valence electrons. The molecular weight excluding hydrogens is 400 g/mol. The summed E-state index contributed by atoms with van der Waals surface area (Å²) >= 11 is 0. The van der Waals surface area contributed by atoms with Gasteiger partial charge in [0.05, 0.1) is 30.3 Å². The van der Waals surface area contributed by atoms with E-state index in [0.717, 1.165) is 54.8 Å². The first-order chi connectivity index (χ1) is 15.7. The molecule has 32 heavy (non-hydrogen) atoms. The highest BCUT2D eigenvalue weighted by molar-refractivity contribution is 5.64. The largest absolute Gasteiger partial charge is 0.486 e. The minimum atomic E-state index is 0.309. The lowest BCUT2D eigenvalue weighted by molar-refractivity contribution is 0.294. The monoisotopic (exact) mass is 430 g/mol. The SMILES string of the molecule is CC(C)c1ncccc1-c1ncc2c(n1)N(CC1CCN(c3cccnc3)CC1)CCO2. The molecule has 0 unspecified atom stereocenters. The van der Waals surface area contributed by atoms with E-state index in [1.54, 1.807) is 0 Å². The zero-order valence-corrected chi connectivity index (χ0v) is 18.8. The number of fused-ring (bicyclic) bond motifs is 1. The van der Waals surface area contributed by atoms with Gasteiger partial charge in [-0.25, -0.2) is 9.97 Å². The molecular formula is C25H30N6O. The summed E-state index contributed by atoms with van der Waals surface area (Å²) in [7, 11) is 0. The molecule has 7 nitrogen and oxygen atoms in total. The highest BCUT2D eigenvalue weighted by Crippen LogP contribution is 2.34. The van der Waals surface area contributed by atoms with E-state index >= 15 is 0 Å². The lowest BCUT2D eigenvalue weighted by atomic mass is 9.95. The Hall–Kier alpha value is -3.22. The van der Waals surface area contributed by atoms with Crippen molar-refractivity contribution in [1.82, 2.24) is 19.9 Å². The molecule has 0 N–H and O–H groups in total. The molecule has 5 heterocycles. The first kappa shape index (κ1) is 20.7. The van der Waals surface area contributed by atoms with E-state index < -0.39 is 0 Å². The normalized spacial score (nSPS) is 16.7. The molecule has 7 heteroatoms. The molecule has 0 bridgehead atoms. The van der Waals surface area contributed by atoms with Crippen molar-refractivity contribution in [2.75, 3.05) is 42.6 Å². The van der Waals surface area contributed by atoms with Gasteiger partial charge in [0, 0.05) is 37.6 Å². The topological polar surface area (TPSA) is 67.3 Å². The van der Waals surface area contributed by atoms with Gasteiger partial charge in [0.25, 0.3) is 0 Å². The van der Waals surface area contributed by atoms with Crippen molar-refractivity contribution in [3.63, 3.8) is 0 Å². The van der Waals surface area contributed by atoms with Gasteiger partial charge >= 0.3 is 0 Å². The molecule has 2 aliphatic rings. The fraction of sp³-hybridized carbons (Fsp3) is 0.440. The second kappa shape index (κ2) is 9.10. The maximum atomic E-state index is 5.89. The van der Waals surface area contributed by atoms with Gasteiger partial charge < -0.3 is 14.5 Å². The molecule has 1 saturated heterocycles. The van der Waals surface area contributed by atoms with E-state index in [9.17, 15) is 0 Å². The number of ether oxygens (including phenoxy) is 1. The van der Waals surface area contributed by atoms with Crippen molar-refractivity contribution in [3.8, 4) is 17.1 Å². The fourth-order valence-electron chi connectivity index (χ4n) is 4.66. The first-order valence-corrected chi connectivity index (χ1v) is 11.5. The van der Waals surface area contributed by atoms with Crippen molar-refractivity contribution < 1.29 is 4.74 Å². The molecule has 0 atom stereocenters. The summed E-state index contributed by atoms with van der Waals surface area (Å²) in [6, 6.07) is 8.17. The lowest BCUT2D eigenvalue weighted by Gasteiger charge is -2.37. The van der Waals surface area contributed by atoms with Gasteiger partial charge in [-0.3, -0.25) is 9.97 Å². The third-order valence-electron chi connectivity index (χ3n) is 6.39. The predicted octanol–water partition coefficient (Wildman–Crippen LogP) is 4.17. The minimum absolute atomic E-state index is 0.309. The molecule has 0 radical (unpaired) electrons. The Morgan fingerprint density at radius 1 is 1.03 bits per heavy atom. The summed E-state index contributed by atoms with van der Waals surface area (Å²) in [6.07, 6.45) is 9.79. The minimum Gasteiger partial charge on any atom is -0.486 e. The van der Waals surface area contributed by atoms with E-state index in [4.69, 9.17) is 9.72 Å². The summed E-state index contributed by atoms with van der Waals surface area (Å²) in [5.74, 6) is 3.36. The van der Waals surface area contributed by atoms with Crippen molar-refractivity contribution in [2.45, 2.75) is 32.6 Å². The number of anilines is 2. The number of nitrogens with zero attached hydrogens (tertiary/aromatic N) is 6. The summed E-state index contributed by atoms with van der Waals surface area (Å²) in [5, 5.41) is 0. The van der Waals surface area contributed by atoms with E-state index in [-0.39, 0.29) is 0 Å². The maximum Gasteiger partial charge on any atom is 0.180 e. The van der Waals surface area contributed by atoms with E-state index in [2.05, 4.69) is 50.7 Å². The van der Waals surface area contributed by atoms with Crippen LogP contribution in [0.4, 0.5) is 11.5 Å². The molecule has 2 aliphatic heterocycles. The van der Waals surface area contributed by atoms with Crippen LogP contribution in [-0.2, 0) is 0 Å². The van der Waals surface area contributed by atoms with Gasteiger partial charge in [-0.15, -0.1) is 0 Å². The first-order valence-electron chi connectivity index (χ1n) is 11.5. The average Bonchev–Trinajstić information content (AvgIpc) is 2.85. The van der Waals surface area contributed by atoms with Gasteiger partial charge in [-0.05, 0) is 48.9 Å². The number of hydrogen-bond acceptors (Lipinski definition) is 7. The Balaban J connectivity index is 1.32. The van der Waals surface area contributed by atoms with Crippen LogP contribution in [0.15, 0.2) is 49.1 Å². The number of piperidine rings is 1. The summed E-state index contributed by atoms with van der Waals surface area (Å²) in [6.45, 7) is 8.96. The van der Waals surface area contributed by atoms with Crippen LogP contribution in [0, 0.1) is 5.92 Å². The third-order valence-corrected chi connectivity index (χ3v) is 6.39. The van der Waals surface area contributed by atoms with Crippen LogP contribution in [0.1, 0.15) is 38.3 Å². The zero-order valence-electron chi connectivity index (χ0n) is 18.8. The number of pyridine rings is 2. The molecule has 5 rings (SSSR count). The second-order valence-corrected chi connectivity index (χ2v) is 8.91. The Kier molecular flexibility index (Phi) is 5.88. The van der Waals surface area contributed by atoms with Crippen molar-refractivity contribution in [2.24, 2.45) is 5.92 Å². The maximum absolute atomic E-state index is 5.89. The van der Waals surface area contributed by atoms with Gasteiger partial charge in [-0.2, -0.15) is 0 Å². The van der Waals surface area contributed by atoms with Crippen molar-refractivity contribution in [3.05, 3.63) is 54.7 Å². The Morgan fingerprint density at radius 3 is 2.66 bits per heavy atom. The van der Waals surface area contributed by atoms with Crippen molar-refractivity contribution >= 4 is 11.5 Å². The molecule has 1 fully saturated rings. The van der Waals surface area contributed by atoms with Crippen LogP contribution in [-0.4, -0.2) is 52.7 Å². The van der Waals surface area contributed by atoms with Crippen LogP contribution in [0.25, 0.3) is 11.4 Å². The molecule has 0 aliphatic carbocycles. The Morgan fingerprint density at radius 2 is 1.88 bits per heavy atom. The molecule has 0 saturated carbocycles. The lowest BCUT2D eigenvalue weighted by Crippen LogP contribution is -2.42. The standard InChI is InChI=1S/C25H30N6O/c1-18(2)23-21(6-4-10-27-23)24-28-16-22-25(29-24)31(13-14-32-22)17-19-7-11-30(12-8-19)20-5-3-9-26-15-20/h3-6,9-10,15-16,18-19H,7-8,11-14,17H2,1-2H3. The van der Waals surface area contributed by atoms with Gasteiger partial charge in [0.1, 0.15) is 6.61 Å². The summed E-state index contributed by atoms with van der Waals surface area (Å²) in [5.41, 5.74) is 3.25. The third kappa shape index (κ3) is 4.24. The van der Waals surface area contributed by atoms with Crippen LogP contribution < -0.4 is 14.5 Å². The quantitative estimate of drug-likeness (QED) is 0.602. The van der Waals surface area contributed by atoms with E-state index in [1.807, 2.05) is 36.9 Å². The van der Waals surface area contributed by atoms with Crippen LogP contribution in [0.5, 0.6) is 5.75 Å². The van der Waals surface area contributed by atoms with Gasteiger partial charge in [0.2, 0.25) is 0 Å². The zero-order chi connectivity index (χ0) is 21.9. The summed E-state index contributed by atoms with van der Waals surface area (Å²) < 4.78 is 5.89. The van der Waals surface area contributed by atoms with E-state index in [1.165, 1.54) is 18.5 Å². The highest BCUT2D eigenvalue weighted by Gasteiger charge is 2.27. The Labute approximate surface area is 189 Å². The molecule has 3 aromatic heterocycles. The highest BCUT2D eigenvalue weighted by atomic mass is 16.5. The van der Waals surface area contributed by atoms with Crippen molar-refractivity contribution in [1.29, 1.82) is 0 Å². The van der Waals surface area contributed by atoms with E-state index in [0.29, 0.717) is 18.4 Å². The predicted molar refractivity (Wildman–Crippen MR) is 126 cm³/mol. The molecule has 0 amide bonds. The smallest absolute Gasteiger partial charge is 0.180 e. The van der Waals surface area contributed by atoms with Crippen LogP contribution in [0.3, 0.4) is 0 Å². The number of rotatable bonds is 5. The van der Waals surface area contributed by atoms with Crippen LogP contribution >= 0.6 is 0 Å². The second-order valence-electron chi connectivity index (χ2n) is 8.91. The average molecular weight is 431 g/mol. The van der Waals surface area contributed by atoms with Gasteiger partial charge in [0.15, 0.2) is 17.4 Å². The van der Waals surface area contributed by atoms with Gasteiger partial charge in [-0.1, -0.05) is 13.8 Å². The molecule has 0 aromatic carbocycles. The van der Waals surface area contributed by atoms with Crippen LogP contribution in [0.2, 0.25) is 0 Å². The number of aromatic nitrogens is 4.